The molecule has 67 heavy (non-hydrogen) atoms. The lowest BCUT2D eigenvalue weighted by Gasteiger charge is -2.35. The summed E-state index contributed by atoms with van der Waals surface area (Å²) in [5, 5.41) is 20.7. The van der Waals surface area contributed by atoms with E-state index in [4.69, 9.17) is 42.6 Å². The van der Waals surface area contributed by atoms with Gasteiger partial charge in [0.05, 0.1) is 81.3 Å². The lowest BCUT2D eigenvalue weighted by molar-refractivity contribution is -0.167. The second kappa shape index (κ2) is 37.7. The standard InChI is InChI=1S/C49H81NO17/c1-10-16-17-18-19-20-24-50(26-43(54)29-59-27-38(7)61-28-39(8)62-30-42(53)12-3)25-22-47(58)67-37-49(35-65-45(56)14-5,36-66-46(57)15-6)32-60-31-48(33-63-40(9)51,23-21-41(52)11-2)34-64-44(55)13-4/h11,13-15,38-39,42-43,53-54H,2,4-6,10,12,16-37H2,1,3,7-9H3. The Balaban J connectivity index is 6.15. The third-order valence-corrected chi connectivity index (χ3v) is 10.4. The smallest absolute Gasteiger partial charge is 0.330 e. The molecule has 0 aromatic rings. The fourth-order valence-corrected chi connectivity index (χ4v) is 6.15. The molecule has 0 fully saturated rings. The van der Waals surface area contributed by atoms with Crippen LogP contribution in [0.2, 0.25) is 0 Å². The molecule has 0 saturated heterocycles. The number of hydrogen-bond acceptors (Lipinski definition) is 18. The first-order chi connectivity index (χ1) is 31.9. The molecule has 5 atom stereocenters. The van der Waals surface area contributed by atoms with Gasteiger partial charge < -0.3 is 57.7 Å². The van der Waals surface area contributed by atoms with Crippen molar-refractivity contribution in [1.29, 1.82) is 0 Å². The second-order valence-electron chi connectivity index (χ2n) is 16.9. The van der Waals surface area contributed by atoms with Crippen molar-refractivity contribution in [2.75, 3.05) is 92.3 Å². The molecule has 0 rings (SSSR count). The fraction of sp³-hybridized carbons (Fsp3) is 0.714. The van der Waals surface area contributed by atoms with Gasteiger partial charge in [0.15, 0.2) is 5.78 Å². The second-order valence-corrected chi connectivity index (χ2v) is 16.9. The van der Waals surface area contributed by atoms with Crippen LogP contribution in [-0.4, -0.2) is 167 Å². The number of allylic oxidation sites excluding steroid dienone is 1. The summed E-state index contributed by atoms with van der Waals surface area (Å²) >= 11 is 0. The van der Waals surface area contributed by atoms with E-state index in [0.29, 0.717) is 19.6 Å². The number of carbonyl (C=O) groups excluding carboxylic acids is 6. The first kappa shape index (κ1) is 62.7. The van der Waals surface area contributed by atoms with Gasteiger partial charge in [-0.2, -0.15) is 0 Å². The Kier molecular flexibility index (Phi) is 35.2. The van der Waals surface area contributed by atoms with Crippen LogP contribution in [0.25, 0.3) is 0 Å². The third kappa shape index (κ3) is 32.2. The lowest BCUT2D eigenvalue weighted by atomic mass is 9.84. The van der Waals surface area contributed by atoms with E-state index in [2.05, 4.69) is 33.2 Å². The van der Waals surface area contributed by atoms with Gasteiger partial charge in [0.2, 0.25) is 0 Å². The maximum atomic E-state index is 13.5. The van der Waals surface area contributed by atoms with E-state index in [-0.39, 0.29) is 90.0 Å². The number of rotatable bonds is 44. The number of aliphatic hydroxyl groups excluding tert-OH is 2. The summed E-state index contributed by atoms with van der Waals surface area (Å²) in [6, 6.07) is 0. The largest absolute Gasteiger partial charge is 0.465 e. The van der Waals surface area contributed by atoms with Crippen molar-refractivity contribution in [3.05, 3.63) is 50.6 Å². The summed E-state index contributed by atoms with van der Waals surface area (Å²) in [6.07, 6.45) is 8.69. The normalized spacial score (nSPS) is 14.1. The average molecular weight is 956 g/mol. The number of hydrogen-bond donors (Lipinski definition) is 2. The maximum absolute atomic E-state index is 13.5. The molecule has 0 aliphatic carbocycles. The molecule has 2 N–H and O–H groups in total. The lowest BCUT2D eigenvalue weighted by Crippen LogP contribution is -2.45. The molecular weight excluding hydrogens is 875 g/mol. The number of nitrogens with zero attached hydrogens (tertiary/aromatic N) is 1. The summed E-state index contributed by atoms with van der Waals surface area (Å²) in [4.78, 5) is 76.6. The summed E-state index contributed by atoms with van der Waals surface area (Å²) in [7, 11) is 0. The zero-order chi connectivity index (χ0) is 50.5. The monoisotopic (exact) mass is 956 g/mol. The van der Waals surface area contributed by atoms with Crippen molar-refractivity contribution in [3.8, 4) is 0 Å². The Labute approximate surface area is 398 Å². The van der Waals surface area contributed by atoms with E-state index in [9.17, 15) is 39.0 Å². The Morgan fingerprint density at radius 1 is 0.567 bits per heavy atom. The van der Waals surface area contributed by atoms with Crippen LogP contribution in [0.3, 0.4) is 0 Å². The van der Waals surface area contributed by atoms with Crippen molar-refractivity contribution in [2.24, 2.45) is 10.8 Å². The van der Waals surface area contributed by atoms with E-state index in [1.807, 2.05) is 25.7 Å². The van der Waals surface area contributed by atoms with Crippen molar-refractivity contribution in [2.45, 2.75) is 123 Å². The molecule has 0 saturated carbocycles. The summed E-state index contributed by atoms with van der Waals surface area (Å²) in [5.74, 6) is -4.06. The molecule has 0 aromatic carbocycles. The van der Waals surface area contributed by atoms with Gasteiger partial charge >= 0.3 is 29.8 Å². The highest BCUT2D eigenvalue weighted by Gasteiger charge is 2.40. The fourth-order valence-electron chi connectivity index (χ4n) is 6.15. The van der Waals surface area contributed by atoms with Crippen LogP contribution < -0.4 is 0 Å². The molecular formula is C49H81NO17. The zero-order valence-corrected chi connectivity index (χ0v) is 40.9. The number of ketones is 1. The van der Waals surface area contributed by atoms with Crippen LogP contribution in [0.5, 0.6) is 0 Å². The van der Waals surface area contributed by atoms with Crippen molar-refractivity contribution < 1.29 is 81.6 Å². The Bertz CT molecular complexity index is 1440. The molecule has 0 aliphatic rings. The van der Waals surface area contributed by atoms with E-state index in [0.717, 1.165) is 62.8 Å². The van der Waals surface area contributed by atoms with E-state index >= 15 is 0 Å². The molecule has 0 radical (unpaired) electrons. The minimum atomic E-state index is -1.52. The van der Waals surface area contributed by atoms with Crippen molar-refractivity contribution in [1.82, 2.24) is 4.90 Å². The summed E-state index contributed by atoms with van der Waals surface area (Å²) in [6.45, 7) is 21.7. The Hall–Kier alpha value is -4.30. The van der Waals surface area contributed by atoms with Crippen LogP contribution in [0, 0.1) is 10.8 Å². The van der Waals surface area contributed by atoms with Gasteiger partial charge in [0.1, 0.15) is 33.0 Å². The molecule has 5 unspecified atom stereocenters. The molecule has 0 bridgehead atoms. The van der Waals surface area contributed by atoms with Gasteiger partial charge in [-0.1, -0.05) is 72.3 Å². The molecule has 0 spiro atoms. The van der Waals surface area contributed by atoms with Crippen molar-refractivity contribution in [3.63, 3.8) is 0 Å². The van der Waals surface area contributed by atoms with Gasteiger partial charge in [-0.25, -0.2) is 14.4 Å². The average Bonchev–Trinajstić information content (AvgIpc) is 3.32. The highest BCUT2D eigenvalue weighted by molar-refractivity contribution is 5.89. The number of carbonyl (C=O) groups is 6. The first-order valence-corrected chi connectivity index (χ1v) is 23.2. The van der Waals surface area contributed by atoms with Gasteiger partial charge in [-0.05, 0) is 45.7 Å². The third-order valence-electron chi connectivity index (χ3n) is 10.4. The van der Waals surface area contributed by atoms with Crippen LogP contribution in [-0.2, 0) is 71.4 Å². The van der Waals surface area contributed by atoms with Gasteiger partial charge in [-0.3, -0.25) is 14.4 Å². The molecule has 0 aromatic heterocycles. The molecule has 384 valence electrons. The topological polar surface area (TPSA) is 229 Å². The van der Waals surface area contributed by atoms with Crippen LogP contribution in [0.15, 0.2) is 50.6 Å². The van der Waals surface area contributed by atoms with Crippen LogP contribution in [0.1, 0.15) is 98.8 Å². The summed E-state index contributed by atoms with van der Waals surface area (Å²) in [5.41, 5.74) is -2.81. The van der Waals surface area contributed by atoms with E-state index in [1.54, 1.807) is 0 Å². The minimum absolute atomic E-state index is 0.0134. The van der Waals surface area contributed by atoms with Crippen LogP contribution in [0.4, 0.5) is 0 Å². The zero-order valence-electron chi connectivity index (χ0n) is 40.9. The number of unbranched alkanes of at least 4 members (excludes halogenated alkanes) is 5. The Morgan fingerprint density at radius 2 is 1.09 bits per heavy atom. The predicted molar refractivity (Wildman–Crippen MR) is 250 cm³/mol. The quantitative estimate of drug-likeness (QED) is 0.0361. The van der Waals surface area contributed by atoms with Crippen molar-refractivity contribution >= 4 is 35.6 Å². The highest BCUT2D eigenvalue weighted by atomic mass is 16.6. The first-order valence-electron chi connectivity index (χ1n) is 23.2. The number of esters is 5. The number of ether oxygens (including phenoxy) is 9. The minimum Gasteiger partial charge on any atom is -0.465 e. The number of aliphatic hydroxyl groups is 2. The maximum Gasteiger partial charge on any atom is 0.330 e. The molecule has 0 heterocycles. The van der Waals surface area contributed by atoms with Gasteiger partial charge in [0.25, 0.3) is 0 Å². The molecule has 18 heteroatoms. The molecule has 18 nitrogen and oxygen atoms in total. The van der Waals surface area contributed by atoms with E-state index in [1.165, 1.54) is 6.92 Å². The molecule has 0 amide bonds. The highest BCUT2D eigenvalue weighted by Crippen LogP contribution is 2.29. The predicted octanol–water partition coefficient (Wildman–Crippen LogP) is 4.82. The van der Waals surface area contributed by atoms with Gasteiger partial charge in [0, 0.05) is 44.7 Å². The molecule has 0 aliphatic heterocycles. The SMILES string of the molecule is C=CC(=O)CCC(COCC(COC(=O)C=C)(COC(=O)C=C)COC(=O)CCN(CCCCCCCC)CC(O)COCC(C)OCC(C)OCC(O)CC)(COC(C)=O)COC(=O)C=C. The van der Waals surface area contributed by atoms with Gasteiger partial charge in [-0.15, -0.1) is 0 Å². The Morgan fingerprint density at radius 3 is 1.66 bits per heavy atom. The van der Waals surface area contributed by atoms with E-state index < -0.39 is 79.3 Å². The van der Waals surface area contributed by atoms with Crippen LogP contribution >= 0.6 is 0 Å². The summed E-state index contributed by atoms with van der Waals surface area (Å²) < 4.78 is 50.6.